The lowest BCUT2D eigenvalue weighted by Gasteiger charge is -2.15. The van der Waals surface area contributed by atoms with Gasteiger partial charge in [0.1, 0.15) is 0 Å². The summed E-state index contributed by atoms with van der Waals surface area (Å²) in [5.41, 5.74) is 2.67. The summed E-state index contributed by atoms with van der Waals surface area (Å²) in [5, 5.41) is 0.413. The van der Waals surface area contributed by atoms with Crippen LogP contribution in [0, 0.1) is 20.8 Å². The average Bonchev–Trinajstić information content (AvgIpc) is 2.58. The number of methoxy groups -OCH3 is 2. The Kier molecular flexibility index (Phi) is 5.17. The molecule has 0 aliphatic heterocycles. The van der Waals surface area contributed by atoms with Crippen molar-refractivity contribution in [2.24, 2.45) is 0 Å². The van der Waals surface area contributed by atoms with E-state index in [9.17, 15) is 9.36 Å². The molecular weight excluding hydrogens is 311 g/mol. The zero-order valence-corrected chi connectivity index (χ0v) is 14.9. The van der Waals surface area contributed by atoms with Crippen molar-refractivity contribution in [2.75, 3.05) is 14.2 Å². The molecule has 0 saturated heterocycles. The molecule has 23 heavy (non-hydrogen) atoms. The van der Waals surface area contributed by atoms with E-state index < -0.39 is 13.3 Å². The van der Waals surface area contributed by atoms with Gasteiger partial charge in [0.25, 0.3) is 0 Å². The first kappa shape index (κ1) is 17.2. The van der Waals surface area contributed by atoms with E-state index in [-0.39, 0.29) is 0 Å². The van der Waals surface area contributed by atoms with Crippen molar-refractivity contribution in [1.29, 1.82) is 0 Å². The van der Waals surface area contributed by atoms with Crippen molar-refractivity contribution in [3.05, 3.63) is 52.6 Å². The smallest absolute Gasteiger partial charge is 0.463 e. The highest BCUT2D eigenvalue weighted by molar-refractivity contribution is 7.71. The van der Waals surface area contributed by atoms with Gasteiger partial charge in [-0.2, -0.15) is 0 Å². The summed E-state index contributed by atoms with van der Waals surface area (Å²) in [6.45, 7) is 5.69. The highest BCUT2D eigenvalue weighted by atomic mass is 31.1. The van der Waals surface area contributed by atoms with Gasteiger partial charge in [-0.3, -0.25) is 0 Å². The average molecular weight is 331 g/mol. The molecule has 1 unspecified atom stereocenters. The summed E-state index contributed by atoms with van der Waals surface area (Å²) < 4.78 is 23.8. The fourth-order valence-corrected chi connectivity index (χ4v) is 3.99. The van der Waals surface area contributed by atoms with E-state index in [1.54, 1.807) is 24.3 Å². The summed E-state index contributed by atoms with van der Waals surface area (Å²) in [5.74, 6) is 0.897. The van der Waals surface area contributed by atoms with Crippen LogP contribution in [0.1, 0.15) is 27.0 Å². The van der Waals surface area contributed by atoms with Crippen LogP contribution in [0.5, 0.6) is 11.5 Å². The molecule has 0 aliphatic rings. The lowest BCUT2D eigenvalue weighted by molar-refractivity contribution is 0.108. The normalized spacial score (nSPS) is 11.1. The number of carbonyl (C=O) groups is 1. The van der Waals surface area contributed by atoms with Crippen LogP contribution in [0.3, 0.4) is 0 Å². The first-order chi connectivity index (χ1) is 10.9. The Morgan fingerprint density at radius 3 is 1.96 bits per heavy atom. The van der Waals surface area contributed by atoms with Crippen LogP contribution in [-0.4, -0.2) is 19.7 Å². The molecule has 0 heterocycles. The van der Waals surface area contributed by atoms with Gasteiger partial charge >= 0.3 is 13.3 Å². The summed E-state index contributed by atoms with van der Waals surface area (Å²) in [6.07, 6.45) is 0. The number of hydrogen-bond donors (Lipinski definition) is 0. The molecule has 2 rings (SSSR count). The predicted octanol–water partition coefficient (Wildman–Crippen LogP) is 3.92. The molecule has 0 radical (unpaired) electrons. The second kappa shape index (κ2) is 6.93. The lowest BCUT2D eigenvalue weighted by atomic mass is 10.0. The second-order valence-electron chi connectivity index (χ2n) is 5.26. The predicted molar refractivity (Wildman–Crippen MR) is 91.8 cm³/mol. The van der Waals surface area contributed by atoms with Gasteiger partial charge < -0.3 is 9.47 Å². The van der Waals surface area contributed by atoms with Crippen molar-refractivity contribution < 1.29 is 18.8 Å². The third-order valence-electron chi connectivity index (χ3n) is 4.06. The Morgan fingerprint density at radius 1 is 0.870 bits per heavy atom. The van der Waals surface area contributed by atoms with E-state index in [1.165, 1.54) is 14.2 Å². The Balaban J connectivity index is 2.65. The van der Waals surface area contributed by atoms with Gasteiger partial charge in [-0.15, -0.1) is 0 Å². The molecule has 0 amide bonds. The van der Waals surface area contributed by atoms with E-state index in [0.29, 0.717) is 22.4 Å². The van der Waals surface area contributed by atoms with Crippen LogP contribution in [0.25, 0.3) is 0 Å². The second-order valence-corrected chi connectivity index (χ2v) is 6.70. The van der Waals surface area contributed by atoms with Gasteiger partial charge in [-0.1, -0.05) is 22.8 Å². The fraction of sp³-hybridized carbons (Fsp3) is 0.278. The summed E-state index contributed by atoms with van der Waals surface area (Å²) >= 11 is 0. The van der Waals surface area contributed by atoms with Crippen LogP contribution in [0.2, 0.25) is 0 Å². The molecular formula is C18H20O4P+. The number of ether oxygens (including phenoxy) is 2. The summed E-state index contributed by atoms with van der Waals surface area (Å²) in [4.78, 5) is 12.6. The molecule has 0 N–H and O–H groups in total. The molecule has 2 aromatic carbocycles. The summed E-state index contributed by atoms with van der Waals surface area (Å²) in [6, 6.07) is 8.64. The zero-order valence-electron chi connectivity index (χ0n) is 14.0. The minimum absolute atomic E-state index is 0.374. The van der Waals surface area contributed by atoms with Crippen LogP contribution in [0.4, 0.5) is 0 Å². The van der Waals surface area contributed by atoms with Crippen molar-refractivity contribution in [3.8, 4) is 11.5 Å². The lowest BCUT2D eigenvalue weighted by Crippen LogP contribution is -2.15. The highest BCUT2D eigenvalue weighted by Crippen LogP contribution is 2.41. The molecule has 0 aliphatic carbocycles. The van der Waals surface area contributed by atoms with Crippen molar-refractivity contribution in [3.63, 3.8) is 0 Å². The monoisotopic (exact) mass is 331 g/mol. The van der Waals surface area contributed by atoms with E-state index >= 15 is 0 Å². The molecule has 2 aromatic rings. The molecule has 0 bridgehead atoms. The number of benzene rings is 2. The van der Waals surface area contributed by atoms with Gasteiger partial charge in [0.15, 0.2) is 5.75 Å². The highest BCUT2D eigenvalue weighted by Gasteiger charge is 2.40. The Labute approximate surface area is 137 Å². The molecule has 1 atom stereocenters. The van der Waals surface area contributed by atoms with E-state index in [0.717, 1.165) is 16.7 Å². The minimum atomic E-state index is -2.31. The molecule has 0 saturated carbocycles. The number of hydrogen-bond acceptors (Lipinski definition) is 4. The molecule has 4 nitrogen and oxygen atoms in total. The number of rotatable bonds is 5. The van der Waals surface area contributed by atoms with E-state index in [1.807, 2.05) is 26.8 Å². The summed E-state index contributed by atoms with van der Waals surface area (Å²) in [7, 11) is 0.724. The van der Waals surface area contributed by atoms with Gasteiger partial charge in [-0.05, 0) is 44.0 Å². The topological polar surface area (TPSA) is 52.6 Å². The largest absolute Gasteiger partial charge is 0.492 e. The maximum atomic E-state index is 12.9. The molecule has 0 spiro atoms. The minimum Gasteiger partial charge on any atom is -0.492 e. The molecule has 120 valence electrons. The van der Waals surface area contributed by atoms with Crippen LogP contribution >= 0.6 is 7.80 Å². The van der Waals surface area contributed by atoms with E-state index in [4.69, 9.17) is 9.47 Å². The van der Waals surface area contributed by atoms with Crippen molar-refractivity contribution >= 4 is 18.6 Å². The van der Waals surface area contributed by atoms with Crippen molar-refractivity contribution in [2.45, 2.75) is 20.8 Å². The van der Waals surface area contributed by atoms with Gasteiger partial charge in [0.05, 0.1) is 19.8 Å². The molecule has 0 fully saturated rings. The van der Waals surface area contributed by atoms with Crippen LogP contribution in [0.15, 0.2) is 30.3 Å². The van der Waals surface area contributed by atoms with Crippen molar-refractivity contribution in [1.82, 2.24) is 0 Å². The van der Waals surface area contributed by atoms with Crippen LogP contribution < -0.4 is 14.8 Å². The van der Waals surface area contributed by atoms with Crippen LogP contribution in [-0.2, 0) is 4.57 Å². The Morgan fingerprint density at radius 2 is 1.43 bits per heavy atom. The first-order valence-corrected chi connectivity index (χ1v) is 8.48. The SMILES string of the molecule is COc1c(C)c(C)c(C)c([P+](=O)C(=O)c2ccccc2)c1OC. The van der Waals surface area contributed by atoms with Gasteiger partial charge in [0.2, 0.25) is 11.1 Å². The first-order valence-electron chi connectivity index (χ1n) is 7.22. The fourth-order valence-electron chi connectivity index (χ4n) is 2.56. The van der Waals surface area contributed by atoms with Gasteiger partial charge in [-0.25, -0.2) is 4.79 Å². The Hall–Kier alpha value is -2.19. The van der Waals surface area contributed by atoms with E-state index in [2.05, 4.69) is 0 Å². The quantitative estimate of drug-likeness (QED) is 0.779. The molecule has 0 aromatic heterocycles. The van der Waals surface area contributed by atoms with Gasteiger partial charge in [0, 0.05) is 5.56 Å². The molecule has 5 heteroatoms. The standard InChI is InChI=1S/C18H20O4P/c1-11-12(2)15(21-4)16(22-5)17(13(11)3)23(20)18(19)14-9-7-6-8-10-14/h6-10H,1-5H3/q+1. The maximum absolute atomic E-state index is 12.9. The Bertz CT molecular complexity index is 767. The number of carbonyl (C=O) groups excluding carboxylic acids is 1. The maximum Gasteiger partial charge on any atom is 0.463 e. The third-order valence-corrected chi connectivity index (χ3v) is 5.63. The zero-order chi connectivity index (χ0) is 17.1. The third kappa shape index (κ3) is 2.99.